The quantitative estimate of drug-likeness (QED) is 0.207. The highest BCUT2D eigenvalue weighted by atomic mass is 35.5. The van der Waals surface area contributed by atoms with E-state index in [4.69, 9.17) is 33.8 Å². The molecule has 1 aromatic heterocycles. The first kappa shape index (κ1) is 24.7. The highest BCUT2D eigenvalue weighted by molar-refractivity contribution is 7.93. The van der Waals surface area contributed by atoms with Crippen molar-refractivity contribution >= 4 is 61.3 Å². The van der Waals surface area contributed by atoms with Crippen LogP contribution in [-0.2, 0) is 14.8 Å². The number of aromatic nitrogens is 1. The monoisotopic (exact) mass is 540 g/mol. The van der Waals surface area contributed by atoms with Crippen molar-refractivity contribution in [3.05, 3.63) is 63.6 Å². The van der Waals surface area contributed by atoms with Crippen LogP contribution in [0.1, 0.15) is 37.3 Å². The van der Waals surface area contributed by atoms with Gasteiger partial charge in [0.1, 0.15) is 5.75 Å². The summed E-state index contributed by atoms with van der Waals surface area (Å²) in [5.41, 5.74) is 1.35. The molecule has 34 heavy (non-hydrogen) atoms. The summed E-state index contributed by atoms with van der Waals surface area (Å²) in [5.74, 6) is 6.56. The summed E-state index contributed by atoms with van der Waals surface area (Å²) in [4.78, 5) is 16.6. The van der Waals surface area contributed by atoms with Crippen molar-refractivity contribution in [3.8, 4) is 5.75 Å². The Bertz CT molecular complexity index is 1280. The van der Waals surface area contributed by atoms with Crippen molar-refractivity contribution < 1.29 is 17.9 Å². The summed E-state index contributed by atoms with van der Waals surface area (Å²) in [6.07, 6.45) is 2.82. The van der Waals surface area contributed by atoms with Crippen molar-refractivity contribution in [2.75, 3.05) is 16.3 Å². The van der Waals surface area contributed by atoms with Gasteiger partial charge < -0.3 is 10.1 Å². The average molecular weight is 541 g/mol. The number of amides is 1. The number of hydrogen-bond acceptors (Lipinski definition) is 7. The smallest absolute Gasteiger partial charge is 0.279 e. The minimum Gasteiger partial charge on any atom is -0.492 e. The molecular formula is C22H22Cl2N4O4S2. The van der Waals surface area contributed by atoms with Gasteiger partial charge in [-0.2, -0.15) is 12.8 Å². The molecule has 8 nitrogen and oxygen atoms in total. The lowest BCUT2D eigenvalue weighted by Gasteiger charge is -2.16. The third-order valence-corrected chi connectivity index (χ3v) is 8.15. The normalized spacial score (nSPS) is 13.5. The van der Waals surface area contributed by atoms with Gasteiger partial charge in [0.25, 0.3) is 10.0 Å². The molecule has 0 atom stereocenters. The second-order valence-corrected chi connectivity index (χ2v) is 11.2. The predicted octanol–water partition coefficient (Wildman–Crippen LogP) is 5.19. The van der Waals surface area contributed by atoms with E-state index in [9.17, 15) is 13.2 Å². The van der Waals surface area contributed by atoms with E-state index in [1.54, 1.807) is 18.2 Å². The van der Waals surface area contributed by atoms with Crippen molar-refractivity contribution in [1.29, 1.82) is 0 Å². The van der Waals surface area contributed by atoms with Crippen molar-refractivity contribution in [1.82, 2.24) is 4.98 Å². The lowest BCUT2D eigenvalue weighted by atomic mass is 10.2. The number of nitrogens with zero attached hydrogens (tertiary/aromatic N) is 2. The Hall–Kier alpha value is -2.37. The van der Waals surface area contributed by atoms with E-state index in [1.807, 2.05) is 5.38 Å². The molecule has 0 saturated heterocycles. The predicted molar refractivity (Wildman–Crippen MR) is 134 cm³/mol. The minimum atomic E-state index is -3.97. The van der Waals surface area contributed by atoms with Crippen LogP contribution in [0.5, 0.6) is 5.75 Å². The number of nitrogens with two attached hydrogens (primary N) is 1. The van der Waals surface area contributed by atoms with Crippen LogP contribution in [0.4, 0.5) is 10.8 Å². The summed E-state index contributed by atoms with van der Waals surface area (Å²) >= 11 is 13.1. The van der Waals surface area contributed by atoms with Gasteiger partial charge in [-0.1, -0.05) is 23.2 Å². The van der Waals surface area contributed by atoms with Crippen LogP contribution < -0.4 is 20.3 Å². The maximum Gasteiger partial charge on any atom is 0.279 e. The van der Waals surface area contributed by atoms with Gasteiger partial charge in [-0.15, -0.1) is 11.3 Å². The molecule has 3 aromatic rings. The largest absolute Gasteiger partial charge is 0.492 e. The number of hydrogen-bond donors (Lipinski definition) is 2. The van der Waals surface area contributed by atoms with Gasteiger partial charge in [0, 0.05) is 28.4 Å². The molecule has 180 valence electrons. The fourth-order valence-electron chi connectivity index (χ4n) is 3.10. The molecule has 0 unspecified atom stereocenters. The summed E-state index contributed by atoms with van der Waals surface area (Å²) in [7, 11) is -3.97. The maximum atomic E-state index is 12.8. The van der Waals surface area contributed by atoms with E-state index < -0.39 is 10.0 Å². The highest BCUT2D eigenvalue weighted by Gasteiger charge is 2.29. The van der Waals surface area contributed by atoms with Crippen molar-refractivity contribution in [2.45, 2.75) is 36.5 Å². The molecule has 0 bridgehead atoms. The molecular weight excluding hydrogens is 519 g/mol. The first-order chi connectivity index (χ1) is 16.2. The third kappa shape index (κ3) is 6.00. The lowest BCUT2D eigenvalue weighted by molar-refractivity contribution is -0.116. The summed E-state index contributed by atoms with van der Waals surface area (Å²) < 4.78 is 32.0. The number of rotatable bonds is 10. The zero-order valence-corrected chi connectivity index (χ0v) is 21.1. The molecule has 4 rings (SSSR count). The van der Waals surface area contributed by atoms with E-state index in [0.717, 1.165) is 18.5 Å². The number of ether oxygens (including phenoxy) is 1. The van der Waals surface area contributed by atoms with Crippen LogP contribution in [0.2, 0.25) is 10.0 Å². The van der Waals surface area contributed by atoms with E-state index in [-0.39, 0.29) is 22.4 Å². The van der Waals surface area contributed by atoms with Gasteiger partial charge in [-0.3, -0.25) is 4.79 Å². The van der Waals surface area contributed by atoms with Crippen LogP contribution in [-0.4, -0.2) is 25.9 Å². The number of thiazole rings is 1. The topological polar surface area (TPSA) is 115 Å². The van der Waals surface area contributed by atoms with E-state index >= 15 is 0 Å². The average Bonchev–Trinajstić information content (AvgIpc) is 3.54. The van der Waals surface area contributed by atoms with Crippen molar-refractivity contribution in [3.63, 3.8) is 0 Å². The molecule has 1 aliphatic rings. The van der Waals surface area contributed by atoms with Gasteiger partial charge in [-0.25, -0.2) is 10.8 Å². The molecule has 2 aromatic carbocycles. The lowest BCUT2D eigenvalue weighted by Crippen LogP contribution is -2.37. The SMILES string of the molecule is NN(c1nc(C2CC2)cs1)S(=O)(=O)c1ccc(NC(=O)CCCOc2ccc(Cl)cc2Cl)cc1. The molecule has 1 saturated carbocycles. The summed E-state index contributed by atoms with van der Waals surface area (Å²) in [6.45, 7) is 0.303. The van der Waals surface area contributed by atoms with Crippen molar-refractivity contribution in [2.24, 2.45) is 5.84 Å². The van der Waals surface area contributed by atoms with Crippen LogP contribution in [0.25, 0.3) is 0 Å². The Morgan fingerprint density at radius 3 is 2.62 bits per heavy atom. The molecule has 1 aliphatic carbocycles. The first-order valence-electron chi connectivity index (χ1n) is 10.5. The number of sulfonamides is 1. The second-order valence-electron chi connectivity index (χ2n) is 7.73. The maximum absolute atomic E-state index is 12.8. The number of hydrazine groups is 1. The fraction of sp³-hybridized carbons (Fsp3) is 0.273. The number of carbonyl (C=O) groups is 1. The molecule has 0 spiro atoms. The zero-order chi connectivity index (χ0) is 24.3. The van der Waals surface area contributed by atoms with E-state index in [0.29, 0.717) is 44.8 Å². The van der Waals surface area contributed by atoms with Crippen LogP contribution >= 0.6 is 34.5 Å². The molecule has 1 amide bonds. The Kier molecular flexibility index (Phi) is 7.63. The van der Waals surface area contributed by atoms with Gasteiger partial charge in [0.2, 0.25) is 11.0 Å². The number of benzene rings is 2. The number of carbonyl (C=O) groups excluding carboxylic acids is 1. The Morgan fingerprint density at radius 2 is 1.94 bits per heavy atom. The van der Waals surface area contributed by atoms with Crippen LogP contribution in [0.3, 0.4) is 0 Å². The fourth-order valence-corrected chi connectivity index (χ4v) is 5.67. The molecule has 0 aliphatic heterocycles. The minimum absolute atomic E-state index is 0.00409. The van der Waals surface area contributed by atoms with Crippen LogP contribution in [0, 0.1) is 0 Å². The number of anilines is 2. The Morgan fingerprint density at radius 1 is 1.21 bits per heavy atom. The standard InChI is InChI=1S/C22H22Cl2N4O4S2/c23-15-5-10-20(18(24)12-15)32-11-1-2-21(29)26-16-6-8-17(9-7-16)34(30,31)28(25)22-27-19(13-33-22)14-3-4-14/h5-10,12-14H,1-4,11,25H2,(H,26,29). The van der Waals surface area contributed by atoms with Crippen LogP contribution in [0.15, 0.2) is 52.7 Å². The summed E-state index contributed by atoms with van der Waals surface area (Å²) in [5, 5.41) is 5.72. The number of halogens is 2. The molecule has 0 radical (unpaired) electrons. The highest BCUT2D eigenvalue weighted by Crippen LogP contribution is 2.41. The van der Waals surface area contributed by atoms with Gasteiger partial charge in [0.05, 0.1) is 22.2 Å². The van der Waals surface area contributed by atoms with Gasteiger partial charge in [-0.05, 0) is 61.7 Å². The zero-order valence-electron chi connectivity index (χ0n) is 17.9. The molecule has 1 fully saturated rings. The summed E-state index contributed by atoms with van der Waals surface area (Å²) in [6, 6.07) is 10.7. The first-order valence-corrected chi connectivity index (χ1v) is 13.5. The second kappa shape index (κ2) is 10.5. The van der Waals surface area contributed by atoms with E-state index in [2.05, 4.69) is 10.3 Å². The third-order valence-electron chi connectivity index (χ3n) is 5.09. The molecule has 1 heterocycles. The van der Waals surface area contributed by atoms with Gasteiger partial charge >= 0.3 is 0 Å². The van der Waals surface area contributed by atoms with E-state index in [1.165, 1.54) is 35.6 Å². The van der Waals surface area contributed by atoms with Gasteiger partial charge in [0.15, 0.2) is 0 Å². The Labute approximate surface area is 211 Å². The molecule has 12 heteroatoms. The number of nitrogens with one attached hydrogen (secondary N) is 1. The molecule has 3 N–H and O–H groups in total. The Balaban J connectivity index is 1.28.